The molecule has 0 aliphatic heterocycles. The highest BCUT2D eigenvalue weighted by Gasteiger charge is 2.13. The molecule has 0 saturated heterocycles. The molecular formula is C11H14O5S. The average Bonchev–Trinajstić information content (AvgIpc) is 2.65. The van der Waals surface area contributed by atoms with Crippen LogP contribution in [0.3, 0.4) is 0 Å². The van der Waals surface area contributed by atoms with Gasteiger partial charge in [0.1, 0.15) is 17.1 Å². The lowest BCUT2D eigenvalue weighted by atomic mass is 10.2. The lowest BCUT2D eigenvalue weighted by Crippen LogP contribution is -2.01. The van der Waals surface area contributed by atoms with Gasteiger partial charge in [-0.15, -0.1) is 0 Å². The second kappa shape index (κ2) is 6.34. The molecule has 0 bridgehead atoms. The van der Waals surface area contributed by atoms with E-state index in [0.717, 1.165) is 0 Å². The van der Waals surface area contributed by atoms with E-state index < -0.39 is 5.97 Å². The van der Waals surface area contributed by atoms with Crippen LogP contribution < -0.4 is 0 Å². The highest BCUT2D eigenvalue weighted by Crippen LogP contribution is 2.20. The van der Waals surface area contributed by atoms with E-state index in [0.29, 0.717) is 29.4 Å². The second-order valence-electron chi connectivity index (χ2n) is 3.37. The fourth-order valence-electron chi connectivity index (χ4n) is 1.26. The largest absolute Gasteiger partial charge is 0.478 e. The van der Waals surface area contributed by atoms with Crippen LogP contribution in [-0.2, 0) is 15.3 Å². The van der Waals surface area contributed by atoms with Gasteiger partial charge >= 0.3 is 11.9 Å². The highest BCUT2D eigenvalue weighted by molar-refractivity contribution is 7.98. The van der Waals surface area contributed by atoms with Gasteiger partial charge in [0, 0.05) is 5.75 Å². The molecule has 1 rings (SSSR count). The monoisotopic (exact) mass is 258 g/mol. The molecule has 0 atom stereocenters. The third-order valence-electron chi connectivity index (χ3n) is 2.12. The molecule has 0 aromatic carbocycles. The molecule has 0 saturated carbocycles. The van der Waals surface area contributed by atoms with Crippen LogP contribution in [0.15, 0.2) is 10.5 Å². The Labute approximate surface area is 103 Å². The van der Waals surface area contributed by atoms with E-state index in [4.69, 9.17) is 9.52 Å². The minimum absolute atomic E-state index is 0.188. The summed E-state index contributed by atoms with van der Waals surface area (Å²) >= 11 is 1.50. The van der Waals surface area contributed by atoms with E-state index in [1.165, 1.54) is 24.9 Å². The van der Waals surface area contributed by atoms with Crippen molar-refractivity contribution in [2.45, 2.75) is 19.1 Å². The van der Waals surface area contributed by atoms with E-state index in [1.807, 2.05) is 0 Å². The zero-order valence-corrected chi connectivity index (χ0v) is 10.5. The van der Waals surface area contributed by atoms with Gasteiger partial charge in [0.2, 0.25) is 0 Å². The quantitative estimate of drug-likeness (QED) is 0.622. The van der Waals surface area contributed by atoms with Crippen molar-refractivity contribution in [3.8, 4) is 0 Å². The Balaban J connectivity index is 2.40. The second-order valence-corrected chi connectivity index (χ2v) is 4.47. The van der Waals surface area contributed by atoms with Gasteiger partial charge in [-0.05, 0) is 13.0 Å². The number of esters is 1. The van der Waals surface area contributed by atoms with Crippen molar-refractivity contribution in [1.82, 2.24) is 0 Å². The Hall–Kier alpha value is -1.43. The Morgan fingerprint density at radius 3 is 2.76 bits per heavy atom. The molecule has 6 heteroatoms. The predicted molar refractivity (Wildman–Crippen MR) is 63.2 cm³/mol. The summed E-state index contributed by atoms with van der Waals surface area (Å²) in [6.07, 6.45) is 0.340. The molecule has 0 fully saturated rings. The van der Waals surface area contributed by atoms with Gasteiger partial charge in [0.15, 0.2) is 0 Å². The first-order valence-corrected chi connectivity index (χ1v) is 6.17. The van der Waals surface area contributed by atoms with Crippen molar-refractivity contribution in [3.05, 3.63) is 23.2 Å². The van der Waals surface area contributed by atoms with E-state index in [1.54, 1.807) is 6.92 Å². The molecule has 1 aromatic rings. The van der Waals surface area contributed by atoms with Gasteiger partial charge in [-0.1, -0.05) is 0 Å². The van der Waals surface area contributed by atoms with Crippen LogP contribution in [0.2, 0.25) is 0 Å². The number of carbonyl (C=O) groups is 2. The minimum Gasteiger partial charge on any atom is -0.478 e. The van der Waals surface area contributed by atoms with Crippen molar-refractivity contribution < 1.29 is 23.8 Å². The maximum Gasteiger partial charge on any atom is 0.339 e. The Morgan fingerprint density at radius 2 is 2.24 bits per heavy atom. The third-order valence-corrected chi connectivity index (χ3v) is 3.10. The molecule has 94 valence electrons. The van der Waals surface area contributed by atoms with Crippen LogP contribution in [-0.4, -0.2) is 29.9 Å². The van der Waals surface area contributed by atoms with Crippen LogP contribution in [0.5, 0.6) is 0 Å². The lowest BCUT2D eigenvalue weighted by molar-refractivity contribution is -0.140. The van der Waals surface area contributed by atoms with Crippen LogP contribution >= 0.6 is 11.8 Å². The van der Waals surface area contributed by atoms with Crippen LogP contribution in [0.4, 0.5) is 0 Å². The van der Waals surface area contributed by atoms with Crippen LogP contribution in [0.1, 0.15) is 28.3 Å². The number of carboxylic acid groups (broad SMARTS) is 1. The molecule has 17 heavy (non-hydrogen) atoms. The van der Waals surface area contributed by atoms with Gasteiger partial charge in [-0.2, -0.15) is 11.8 Å². The molecule has 1 N–H and O–H groups in total. The number of hydrogen-bond donors (Lipinski definition) is 1. The average molecular weight is 258 g/mol. The summed E-state index contributed by atoms with van der Waals surface area (Å²) in [4.78, 5) is 21.6. The van der Waals surface area contributed by atoms with E-state index >= 15 is 0 Å². The van der Waals surface area contributed by atoms with Crippen molar-refractivity contribution in [1.29, 1.82) is 0 Å². The summed E-state index contributed by atoms with van der Waals surface area (Å²) in [6, 6.07) is 1.52. The number of aryl methyl sites for hydroxylation is 1. The summed E-state index contributed by atoms with van der Waals surface area (Å²) in [7, 11) is 1.35. The summed E-state index contributed by atoms with van der Waals surface area (Å²) in [5.41, 5.74) is 0.188. The van der Waals surface area contributed by atoms with Crippen LogP contribution in [0.25, 0.3) is 0 Å². The minimum atomic E-state index is -0.989. The van der Waals surface area contributed by atoms with Crippen molar-refractivity contribution in [2.24, 2.45) is 0 Å². The molecule has 0 radical (unpaired) electrons. The molecule has 5 nitrogen and oxygen atoms in total. The fourth-order valence-corrected chi connectivity index (χ4v) is 2.06. The first kappa shape index (κ1) is 13.6. The fraction of sp³-hybridized carbons (Fsp3) is 0.455. The first-order valence-electron chi connectivity index (χ1n) is 5.01. The number of hydrogen-bond acceptors (Lipinski definition) is 5. The highest BCUT2D eigenvalue weighted by atomic mass is 32.2. The lowest BCUT2D eigenvalue weighted by Gasteiger charge is -1.98. The normalized spacial score (nSPS) is 10.2. The maximum absolute atomic E-state index is 10.8. The Morgan fingerprint density at radius 1 is 1.53 bits per heavy atom. The van der Waals surface area contributed by atoms with E-state index in [-0.39, 0.29) is 11.5 Å². The number of carbonyl (C=O) groups excluding carboxylic acids is 1. The van der Waals surface area contributed by atoms with Crippen molar-refractivity contribution in [3.63, 3.8) is 0 Å². The summed E-state index contributed by atoms with van der Waals surface area (Å²) in [6.45, 7) is 1.62. The molecule has 0 aliphatic carbocycles. The summed E-state index contributed by atoms with van der Waals surface area (Å²) in [5.74, 6) is 0.937. The zero-order chi connectivity index (χ0) is 12.8. The van der Waals surface area contributed by atoms with E-state index in [9.17, 15) is 9.59 Å². The van der Waals surface area contributed by atoms with Crippen LogP contribution in [0, 0.1) is 6.92 Å². The Bertz CT molecular complexity index is 410. The number of ether oxygens (including phenoxy) is 1. The number of rotatable bonds is 6. The zero-order valence-electron chi connectivity index (χ0n) is 9.69. The standard InChI is InChI=1S/C11H14O5S/c1-7-9(11(13)14)5-8(16-7)6-17-4-3-10(12)15-2/h5H,3-4,6H2,1-2H3,(H,13,14). The predicted octanol–water partition coefficient (Wildman–Crippen LogP) is 2.08. The molecule has 0 aliphatic rings. The SMILES string of the molecule is COC(=O)CCSCc1cc(C(=O)O)c(C)o1. The van der Waals surface area contributed by atoms with Gasteiger partial charge < -0.3 is 14.3 Å². The Kier molecular flexibility index (Phi) is 5.09. The van der Waals surface area contributed by atoms with Gasteiger partial charge in [0.25, 0.3) is 0 Å². The molecule has 0 amide bonds. The van der Waals surface area contributed by atoms with Gasteiger partial charge in [0.05, 0.1) is 19.3 Å². The number of carboxylic acids is 1. The number of thioether (sulfide) groups is 1. The van der Waals surface area contributed by atoms with Crippen molar-refractivity contribution >= 4 is 23.7 Å². The third kappa shape index (κ3) is 4.14. The maximum atomic E-state index is 10.8. The number of furan rings is 1. The summed E-state index contributed by atoms with van der Waals surface area (Å²) < 4.78 is 9.80. The van der Waals surface area contributed by atoms with Gasteiger partial charge in [-0.3, -0.25) is 4.79 Å². The van der Waals surface area contributed by atoms with Gasteiger partial charge in [-0.25, -0.2) is 4.79 Å². The molecule has 1 aromatic heterocycles. The number of aromatic carboxylic acids is 1. The number of methoxy groups -OCH3 is 1. The molecular weight excluding hydrogens is 244 g/mol. The van der Waals surface area contributed by atoms with Crippen molar-refractivity contribution in [2.75, 3.05) is 12.9 Å². The smallest absolute Gasteiger partial charge is 0.339 e. The molecule has 0 unspecified atom stereocenters. The van der Waals surface area contributed by atoms with E-state index in [2.05, 4.69) is 4.74 Å². The molecule has 0 spiro atoms. The topological polar surface area (TPSA) is 76.7 Å². The summed E-state index contributed by atoms with van der Waals surface area (Å²) in [5, 5.41) is 8.83. The molecule has 1 heterocycles. The first-order chi connectivity index (χ1) is 8.04.